The van der Waals surface area contributed by atoms with Crippen molar-refractivity contribution in [1.82, 2.24) is 5.01 Å². The Morgan fingerprint density at radius 3 is 2.40 bits per heavy atom. The van der Waals surface area contributed by atoms with Crippen LogP contribution in [0.4, 0.5) is 0 Å². The molecule has 0 saturated heterocycles. The van der Waals surface area contributed by atoms with Crippen molar-refractivity contribution in [3.63, 3.8) is 0 Å². The van der Waals surface area contributed by atoms with Crippen LogP contribution in [0.25, 0.3) is 0 Å². The van der Waals surface area contributed by atoms with Gasteiger partial charge in [0.2, 0.25) is 0 Å². The maximum Gasteiger partial charge on any atom is 0.116 e. The standard InChI is InChI=1S/C7H14N2O/c1-5-7(2,10)6-8-9(3)4/h5-6,10H,1H2,2-4H3. The fourth-order valence-electron chi connectivity index (χ4n) is 0.285. The molecule has 0 aliphatic carbocycles. The molecule has 0 rings (SSSR count). The minimum absolute atomic E-state index is 0.996. The Kier molecular flexibility index (Phi) is 3.09. The van der Waals surface area contributed by atoms with E-state index in [4.69, 9.17) is 0 Å². The molecule has 0 aliphatic heterocycles. The largest absolute Gasteiger partial charge is 0.380 e. The molecule has 0 spiro atoms. The molecule has 0 amide bonds. The van der Waals surface area contributed by atoms with E-state index in [1.165, 1.54) is 12.3 Å². The molecule has 1 unspecified atom stereocenters. The molecule has 0 radical (unpaired) electrons. The average Bonchev–Trinajstić information content (AvgIpc) is 1.85. The van der Waals surface area contributed by atoms with Crippen molar-refractivity contribution in [2.24, 2.45) is 5.10 Å². The van der Waals surface area contributed by atoms with Crippen LogP contribution in [0.5, 0.6) is 0 Å². The number of aliphatic hydroxyl groups is 1. The van der Waals surface area contributed by atoms with Gasteiger partial charge in [-0.3, -0.25) is 0 Å². The second-order valence-electron chi connectivity index (χ2n) is 2.52. The molecule has 1 N–H and O–H groups in total. The van der Waals surface area contributed by atoms with E-state index in [1.54, 1.807) is 26.0 Å². The van der Waals surface area contributed by atoms with Gasteiger partial charge in [0.05, 0.1) is 6.21 Å². The number of rotatable bonds is 3. The van der Waals surface area contributed by atoms with Gasteiger partial charge in [-0.25, -0.2) is 0 Å². The van der Waals surface area contributed by atoms with Crippen LogP contribution >= 0.6 is 0 Å². The average molecular weight is 142 g/mol. The van der Waals surface area contributed by atoms with Crippen molar-refractivity contribution < 1.29 is 5.11 Å². The highest BCUT2D eigenvalue weighted by atomic mass is 16.3. The van der Waals surface area contributed by atoms with Crippen molar-refractivity contribution in [2.75, 3.05) is 14.1 Å². The van der Waals surface area contributed by atoms with Gasteiger partial charge in [-0.05, 0) is 6.92 Å². The van der Waals surface area contributed by atoms with E-state index in [0.717, 1.165) is 0 Å². The van der Waals surface area contributed by atoms with Gasteiger partial charge in [0.1, 0.15) is 5.60 Å². The first-order chi connectivity index (χ1) is 4.48. The molecule has 1 atom stereocenters. The Hall–Kier alpha value is -0.830. The summed E-state index contributed by atoms with van der Waals surface area (Å²) in [6.45, 7) is 5.07. The van der Waals surface area contributed by atoms with Gasteiger partial charge in [0.15, 0.2) is 0 Å². The fourth-order valence-corrected chi connectivity index (χ4v) is 0.285. The maximum atomic E-state index is 9.28. The molecule has 3 heteroatoms. The van der Waals surface area contributed by atoms with E-state index >= 15 is 0 Å². The Labute approximate surface area is 61.7 Å². The predicted molar refractivity (Wildman–Crippen MR) is 43.0 cm³/mol. The molecule has 0 aromatic heterocycles. The van der Waals surface area contributed by atoms with Gasteiger partial charge in [-0.15, -0.1) is 0 Å². The van der Waals surface area contributed by atoms with Gasteiger partial charge in [-0.2, -0.15) is 5.10 Å². The number of hydrogen-bond acceptors (Lipinski definition) is 3. The molecular formula is C7H14N2O. The third-order valence-electron chi connectivity index (χ3n) is 0.963. The molecule has 3 nitrogen and oxygen atoms in total. The fraction of sp³-hybridized carbons (Fsp3) is 0.571. The summed E-state index contributed by atoms with van der Waals surface area (Å²) in [5, 5.41) is 14.7. The zero-order valence-corrected chi connectivity index (χ0v) is 6.70. The Morgan fingerprint density at radius 1 is 1.60 bits per heavy atom. The highest BCUT2D eigenvalue weighted by Gasteiger charge is 2.10. The summed E-state index contributed by atoms with van der Waals surface area (Å²) in [6, 6.07) is 0. The first-order valence-corrected chi connectivity index (χ1v) is 3.06. The monoisotopic (exact) mass is 142 g/mol. The van der Waals surface area contributed by atoms with Crippen LogP contribution < -0.4 is 0 Å². The van der Waals surface area contributed by atoms with Crippen molar-refractivity contribution in [2.45, 2.75) is 12.5 Å². The van der Waals surface area contributed by atoms with Gasteiger partial charge in [0, 0.05) is 14.1 Å². The van der Waals surface area contributed by atoms with Crippen molar-refractivity contribution in [3.8, 4) is 0 Å². The van der Waals surface area contributed by atoms with Crippen LogP contribution in [0, 0.1) is 0 Å². The van der Waals surface area contributed by atoms with Crippen LogP contribution in [0.15, 0.2) is 17.8 Å². The highest BCUT2D eigenvalue weighted by molar-refractivity contribution is 5.70. The van der Waals surface area contributed by atoms with Crippen LogP contribution in [0.1, 0.15) is 6.92 Å². The zero-order chi connectivity index (χ0) is 8.20. The van der Waals surface area contributed by atoms with E-state index in [0.29, 0.717) is 0 Å². The lowest BCUT2D eigenvalue weighted by atomic mass is 10.1. The molecule has 0 saturated carbocycles. The normalized spacial score (nSPS) is 16.8. The number of hydrazone groups is 1. The van der Waals surface area contributed by atoms with Crippen LogP contribution in [-0.2, 0) is 0 Å². The number of nitrogens with zero attached hydrogens (tertiary/aromatic N) is 2. The van der Waals surface area contributed by atoms with E-state index in [2.05, 4.69) is 11.7 Å². The summed E-state index contributed by atoms with van der Waals surface area (Å²) in [5.41, 5.74) is -0.996. The Bertz CT molecular complexity index is 139. The van der Waals surface area contributed by atoms with E-state index in [1.807, 2.05) is 0 Å². The molecule has 0 fully saturated rings. The first kappa shape index (κ1) is 9.17. The second kappa shape index (κ2) is 3.37. The highest BCUT2D eigenvalue weighted by Crippen LogP contribution is 1.99. The van der Waals surface area contributed by atoms with Crippen LogP contribution in [0.3, 0.4) is 0 Å². The first-order valence-electron chi connectivity index (χ1n) is 3.06. The molecule has 10 heavy (non-hydrogen) atoms. The van der Waals surface area contributed by atoms with Crippen molar-refractivity contribution in [1.29, 1.82) is 0 Å². The third kappa shape index (κ3) is 4.09. The van der Waals surface area contributed by atoms with E-state index in [9.17, 15) is 5.11 Å². The lowest BCUT2D eigenvalue weighted by Gasteiger charge is -2.12. The molecular weight excluding hydrogens is 128 g/mol. The number of hydrogen-bond donors (Lipinski definition) is 1. The summed E-state index contributed by atoms with van der Waals surface area (Å²) >= 11 is 0. The lowest BCUT2D eigenvalue weighted by Crippen LogP contribution is -2.23. The van der Waals surface area contributed by atoms with Crippen molar-refractivity contribution >= 4 is 6.21 Å². The smallest absolute Gasteiger partial charge is 0.116 e. The van der Waals surface area contributed by atoms with Crippen molar-refractivity contribution in [3.05, 3.63) is 12.7 Å². The van der Waals surface area contributed by atoms with Gasteiger partial charge in [-0.1, -0.05) is 12.7 Å². The van der Waals surface area contributed by atoms with Gasteiger partial charge < -0.3 is 10.1 Å². The molecule has 58 valence electrons. The Balaban J connectivity index is 3.98. The van der Waals surface area contributed by atoms with Crippen LogP contribution in [0.2, 0.25) is 0 Å². The molecule has 0 aromatic rings. The third-order valence-corrected chi connectivity index (χ3v) is 0.963. The van der Waals surface area contributed by atoms with Gasteiger partial charge in [0.25, 0.3) is 0 Å². The quantitative estimate of drug-likeness (QED) is 0.353. The summed E-state index contributed by atoms with van der Waals surface area (Å²) in [5.74, 6) is 0. The SMILES string of the molecule is C=CC(C)(O)C=NN(C)C. The van der Waals surface area contributed by atoms with Crippen LogP contribution in [-0.4, -0.2) is 36.0 Å². The summed E-state index contributed by atoms with van der Waals surface area (Å²) in [7, 11) is 3.57. The summed E-state index contributed by atoms with van der Waals surface area (Å²) in [6.07, 6.45) is 2.86. The molecule has 0 aromatic carbocycles. The molecule has 0 aliphatic rings. The predicted octanol–water partition coefficient (Wildman–Crippen LogP) is 0.471. The topological polar surface area (TPSA) is 35.8 Å². The summed E-state index contributed by atoms with van der Waals surface area (Å²) < 4.78 is 0. The Morgan fingerprint density at radius 2 is 2.10 bits per heavy atom. The van der Waals surface area contributed by atoms with E-state index in [-0.39, 0.29) is 0 Å². The summed E-state index contributed by atoms with van der Waals surface area (Å²) in [4.78, 5) is 0. The lowest BCUT2D eigenvalue weighted by molar-refractivity contribution is 0.187. The molecule has 0 bridgehead atoms. The van der Waals surface area contributed by atoms with E-state index < -0.39 is 5.60 Å². The minimum Gasteiger partial charge on any atom is -0.380 e. The maximum absolute atomic E-state index is 9.28. The minimum atomic E-state index is -0.996. The zero-order valence-electron chi connectivity index (χ0n) is 6.70. The molecule has 0 heterocycles. The van der Waals surface area contributed by atoms with Gasteiger partial charge >= 0.3 is 0 Å². The second-order valence-corrected chi connectivity index (χ2v) is 2.52.